The molecule has 1 aliphatic heterocycles. The SMILES string of the molecule is Clc1cccc(NC2CCOc3ccc(Br)cc32)c1Br. The third-order valence-corrected chi connectivity index (χ3v) is 5.18. The van der Waals surface area contributed by atoms with Gasteiger partial charge in [0.05, 0.1) is 27.8 Å². The van der Waals surface area contributed by atoms with Gasteiger partial charge in [0.1, 0.15) is 5.75 Å². The zero-order valence-corrected chi connectivity index (χ0v) is 14.4. The molecule has 1 unspecified atom stereocenters. The van der Waals surface area contributed by atoms with Crippen LogP contribution in [0.3, 0.4) is 0 Å². The molecular weight excluding hydrogens is 405 g/mol. The van der Waals surface area contributed by atoms with Gasteiger partial charge in [0, 0.05) is 16.5 Å². The normalized spacial score (nSPS) is 17.2. The van der Waals surface area contributed by atoms with E-state index in [-0.39, 0.29) is 6.04 Å². The summed E-state index contributed by atoms with van der Waals surface area (Å²) in [5, 5.41) is 4.25. The molecule has 20 heavy (non-hydrogen) atoms. The molecule has 2 aromatic rings. The summed E-state index contributed by atoms with van der Waals surface area (Å²) in [4.78, 5) is 0. The molecule has 104 valence electrons. The smallest absolute Gasteiger partial charge is 0.124 e. The fourth-order valence-electron chi connectivity index (χ4n) is 2.32. The van der Waals surface area contributed by atoms with Crippen molar-refractivity contribution in [3.05, 3.63) is 55.9 Å². The van der Waals surface area contributed by atoms with Crippen LogP contribution >= 0.6 is 43.5 Å². The standard InChI is InChI=1S/C15H12Br2ClNO/c16-9-4-5-14-10(8-9)12(6-7-20-14)19-13-3-1-2-11(18)15(13)17/h1-5,8,12,19H,6-7H2. The number of anilines is 1. The van der Waals surface area contributed by atoms with Crippen LogP contribution in [0.25, 0.3) is 0 Å². The van der Waals surface area contributed by atoms with E-state index in [1.54, 1.807) is 0 Å². The maximum Gasteiger partial charge on any atom is 0.124 e. The molecule has 1 aliphatic rings. The molecule has 2 nitrogen and oxygen atoms in total. The van der Waals surface area contributed by atoms with Gasteiger partial charge in [0.25, 0.3) is 0 Å². The maximum absolute atomic E-state index is 6.14. The van der Waals surface area contributed by atoms with E-state index in [4.69, 9.17) is 16.3 Å². The lowest BCUT2D eigenvalue weighted by Crippen LogP contribution is -2.20. The minimum atomic E-state index is 0.214. The zero-order valence-electron chi connectivity index (χ0n) is 10.5. The van der Waals surface area contributed by atoms with Crippen LogP contribution in [-0.4, -0.2) is 6.61 Å². The predicted octanol–water partition coefficient (Wildman–Crippen LogP) is 5.80. The van der Waals surface area contributed by atoms with Gasteiger partial charge in [-0.3, -0.25) is 0 Å². The summed E-state index contributed by atoms with van der Waals surface area (Å²) in [6.07, 6.45) is 0.919. The Morgan fingerprint density at radius 2 is 2.05 bits per heavy atom. The molecule has 2 aromatic carbocycles. The number of rotatable bonds is 2. The van der Waals surface area contributed by atoms with E-state index >= 15 is 0 Å². The van der Waals surface area contributed by atoms with Crippen molar-refractivity contribution in [1.29, 1.82) is 0 Å². The monoisotopic (exact) mass is 415 g/mol. The second-order valence-electron chi connectivity index (χ2n) is 4.62. The Bertz CT molecular complexity index is 648. The van der Waals surface area contributed by atoms with Crippen LogP contribution in [0, 0.1) is 0 Å². The third kappa shape index (κ3) is 2.83. The Hall–Kier alpha value is -0.710. The fraction of sp³-hybridized carbons (Fsp3) is 0.200. The van der Waals surface area contributed by atoms with Gasteiger partial charge in [-0.25, -0.2) is 0 Å². The van der Waals surface area contributed by atoms with Crippen LogP contribution in [0.15, 0.2) is 45.3 Å². The van der Waals surface area contributed by atoms with Gasteiger partial charge in [-0.15, -0.1) is 0 Å². The highest BCUT2D eigenvalue weighted by atomic mass is 79.9. The molecule has 0 radical (unpaired) electrons. The van der Waals surface area contributed by atoms with Crippen LogP contribution in [-0.2, 0) is 0 Å². The summed E-state index contributed by atoms with van der Waals surface area (Å²) in [7, 11) is 0. The number of halogens is 3. The summed E-state index contributed by atoms with van der Waals surface area (Å²) >= 11 is 13.2. The number of nitrogens with one attached hydrogen (secondary N) is 1. The topological polar surface area (TPSA) is 21.3 Å². The first-order valence-corrected chi connectivity index (χ1v) is 8.24. The first kappa shape index (κ1) is 14.2. The van der Waals surface area contributed by atoms with Crippen molar-refractivity contribution < 1.29 is 4.74 Å². The second kappa shape index (κ2) is 5.96. The molecule has 0 bridgehead atoms. The highest BCUT2D eigenvalue weighted by Gasteiger charge is 2.22. The average Bonchev–Trinajstić information content (AvgIpc) is 2.44. The number of fused-ring (bicyclic) bond motifs is 1. The summed E-state index contributed by atoms with van der Waals surface area (Å²) in [6.45, 7) is 0.713. The van der Waals surface area contributed by atoms with E-state index in [1.165, 1.54) is 0 Å². The third-order valence-electron chi connectivity index (χ3n) is 3.29. The first-order chi connectivity index (χ1) is 9.65. The lowest BCUT2D eigenvalue weighted by Gasteiger charge is -2.28. The zero-order chi connectivity index (χ0) is 14.1. The highest BCUT2D eigenvalue weighted by molar-refractivity contribution is 9.11. The quantitative estimate of drug-likeness (QED) is 0.667. The van der Waals surface area contributed by atoms with E-state index < -0.39 is 0 Å². The van der Waals surface area contributed by atoms with Crippen molar-refractivity contribution in [2.45, 2.75) is 12.5 Å². The highest BCUT2D eigenvalue weighted by Crippen LogP contribution is 2.38. The molecule has 0 fully saturated rings. The van der Waals surface area contributed by atoms with E-state index in [0.29, 0.717) is 11.6 Å². The Labute approximate surface area is 139 Å². The number of hydrogen-bond donors (Lipinski definition) is 1. The van der Waals surface area contributed by atoms with Gasteiger partial charge in [0.15, 0.2) is 0 Å². The molecule has 1 heterocycles. The summed E-state index contributed by atoms with van der Waals surface area (Å²) in [5.41, 5.74) is 2.16. The Kier molecular flexibility index (Phi) is 4.24. The van der Waals surface area contributed by atoms with Crippen LogP contribution in [0.4, 0.5) is 5.69 Å². The lowest BCUT2D eigenvalue weighted by molar-refractivity contribution is 0.274. The van der Waals surface area contributed by atoms with Crippen molar-refractivity contribution in [2.75, 3.05) is 11.9 Å². The number of hydrogen-bond acceptors (Lipinski definition) is 2. The summed E-state index contributed by atoms with van der Waals surface area (Å²) in [6, 6.07) is 12.1. The van der Waals surface area contributed by atoms with Gasteiger partial charge < -0.3 is 10.1 Å². The van der Waals surface area contributed by atoms with Gasteiger partial charge in [-0.05, 0) is 46.3 Å². The molecule has 3 rings (SSSR count). The molecular formula is C15H12Br2ClNO. The van der Waals surface area contributed by atoms with E-state index in [2.05, 4.69) is 43.2 Å². The molecule has 0 aliphatic carbocycles. The van der Waals surface area contributed by atoms with Gasteiger partial charge in [-0.1, -0.05) is 33.6 Å². The van der Waals surface area contributed by atoms with Crippen molar-refractivity contribution in [3.63, 3.8) is 0 Å². The Morgan fingerprint density at radius 1 is 1.20 bits per heavy atom. The number of ether oxygens (including phenoxy) is 1. The van der Waals surface area contributed by atoms with E-state index in [9.17, 15) is 0 Å². The molecule has 0 spiro atoms. The van der Waals surface area contributed by atoms with E-state index in [1.807, 2.05) is 30.3 Å². The maximum atomic E-state index is 6.14. The Balaban J connectivity index is 1.93. The molecule has 1 N–H and O–H groups in total. The minimum Gasteiger partial charge on any atom is -0.493 e. The van der Waals surface area contributed by atoms with Crippen LogP contribution in [0.2, 0.25) is 5.02 Å². The van der Waals surface area contributed by atoms with Gasteiger partial charge in [-0.2, -0.15) is 0 Å². The van der Waals surface area contributed by atoms with Gasteiger partial charge >= 0.3 is 0 Å². The van der Waals surface area contributed by atoms with Crippen molar-refractivity contribution in [3.8, 4) is 5.75 Å². The minimum absolute atomic E-state index is 0.214. The molecule has 0 amide bonds. The van der Waals surface area contributed by atoms with Crippen LogP contribution in [0.1, 0.15) is 18.0 Å². The number of benzene rings is 2. The molecule has 0 saturated carbocycles. The summed E-state index contributed by atoms with van der Waals surface area (Å²) < 4.78 is 7.65. The molecule has 5 heteroatoms. The van der Waals surface area contributed by atoms with Gasteiger partial charge in [0.2, 0.25) is 0 Å². The van der Waals surface area contributed by atoms with Crippen LogP contribution < -0.4 is 10.1 Å². The fourth-order valence-corrected chi connectivity index (χ4v) is 3.25. The van der Waals surface area contributed by atoms with Crippen molar-refractivity contribution >= 4 is 49.1 Å². The molecule has 0 saturated heterocycles. The summed E-state index contributed by atoms with van der Waals surface area (Å²) in [5.74, 6) is 0.940. The first-order valence-electron chi connectivity index (χ1n) is 6.28. The van der Waals surface area contributed by atoms with Crippen LogP contribution in [0.5, 0.6) is 5.75 Å². The molecule has 0 aromatic heterocycles. The lowest BCUT2D eigenvalue weighted by atomic mass is 10.0. The predicted molar refractivity (Wildman–Crippen MR) is 89.8 cm³/mol. The molecule has 1 atom stereocenters. The largest absolute Gasteiger partial charge is 0.493 e. The van der Waals surface area contributed by atoms with E-state index in [0.717, 1.165) is 32.4 Å². The average molecular weight is 418 g/mol. The van der Waals surface area contributed by atoms with Crippen molar-refractivity contribution in [2.24, 2.45) is 0 Å². The van der Waals surface area contributed by atoms with Crippen molar-refractivity contribution in [1.82, 2.24) is 0 Å². The second-order valence-corrected chi connectivity index (χ2v) is 6.73. The Morgan fingerprint density at radius 3 is 2.90 bits per heavy atom.